The molecule has 0 fully saturated rings. The van der Waals surface area contributed by atoms with Crippen LogP contribution in [0.1, 0.15) is 12.5 Å². The fourth-order valence-corrected chi connectivity index (χ4v) is 2.73. The van der Waals surface area contributed by atoms with E-state index in [9.17, 15) is 9.59 Å². The molecule has 0 saturated carbocycles. The van der Waals surface area contributed by atoms with Crippen molar-refractivity contribution >= 4 is 17.6 Å². The van der Waals surface area contributed by atoms with Crippen LogP contribution in [0.4, 0.5) is 10.5 Å². The molecule has 1 unspecified atom stereocenters. The first-order chi connectivity index (χ1) is 12.6. The monoisotopic (exact) mass is 356 g/mol. The highest BCUT2D eigenvalue weighted by Crippen LogP contribution is 2.34. The quantitative estimate of drug-likeness (QED) is 0.726. The Labute approximate surface area is 151 Å². The summed E-state index contributed by atoms with van der Waals surface area (Å²) < 4.78 is 10.5. The van der Waals surface area contributed by atoms with Crippen LogP contribution in [-0.4, -0.2) is 31.8 Å². The summed E-state index contributed by atoms with van der Waals surface area (Å²) in [5.74, 6) is 0.879. The molecule has 0 spiro atoms. The Morgan fingerprint density at radius 1 is 1.08 bits per heavy atom. The summed E-state index contributed by atoms with van der Waals surface area (Å²) >= 11 is 0. The number of hydrogen-bond acceptors (Lipinski definition) is 4. The minimum Gasteiger partial charge on any atom is -0.454 e. The third-order valence-corrected chi connectivity index (χ3v) is 4.09. The predicted octanol–water partition coefficient (Wildman–Crippen LogP) is 1.17. The second-order valence-electron chi connectivity index (χ2n) is 6.01. The highest BCUT2D eigenvalue weighted by atomic mass is 16.7. The van der Waals surface area contributed by atoms with Crippen molar-refractivity contribution in [1.82, 2.24) is 5.32 Å². The summed E-state index contributed by atoms with van der Waals surface area (Å²) in [6, 6.07) is 14.5. The smallest absolute Gasteiger partial charge is 0.326 e. The summed E-state index contributed by atoms with van der Waals surface area (Å²) in [7, 11) is 0. The molecule has 2 aromatic rings. The van der Waals surface area contributed by atoms with Crippen molar-refractivity contribution in [2.75, 3.05) is 25.2 Å². The van der Waals surface area contributed by atoms with Crippen LogP contribution in [0.15, 0.2) is 48.5 Å². The molecule has 0 radical (unpaired) electrons. The number of likely N-dealkylation sites (N-methyl/N-ethyl adjacent to an activating group) is 1. The van der Waals surface area contributed by atoms with Crippen molar-refractivity contribution in [3.05, 3.63) is 54.1 Å². The predicted molar refractivity (Wildman–Crippen MR) is 96.2 cm³/mol. The van der Waals surface area contributed by atoms with Gasteiger partial charge >= 0.3 is 6.03 Å². The maximum Gasteiger partial charge on any atom is 0.326 e. The molecule has 1 atom stereocenters. The first-order valence-electron chi connectivity index (χ1n) is 8.52. The van der Waals surface area contributed by atoms with Gasteiger partial charge in [-0.3, -0.25) is 10.1 Å². The number of rotatable bonds is 6. The molecule has 136 valence electrons. The molecule has 1 heterocycles. The van der Waals surface area contributed by atoms with Gasteiger partial charge in [0.1, 0.15) is 6.54 Å². The molecule has 3 amide bonds. The van der Waals surface area contributed by atoms with Gasteiger partial charge in [-0.2, -0.15) is 0 Å². The number of nitrogens with one attached hydrogen (secondary N) is 3. The lowest BCUT2D eigenvalue weighted by atomic mass is 10.2. The first-order valence-corrected chi connectivity index (χ1v) is 8.52. The second-order valence-corrected chi connectivity index (χ2v) is 6.01. The number of carbonyl (C=O) groups excluding carboxylic acids is 2. The van der Waals surface area contributed by atoms with Gasteiger partial charge in [-0.25, -0.2) is 4.79 Å². The summed E-state index contributed by atoms with van der Waals surface area (Å²) in [6.07, 6.45) is 0. The molecule has 2 aromatic carbocycles. The van der Waals surface area contributed by atoms with Gasteiger partial charge in [0, 0.05) is 17.3 Å². The van der Waals surface area contributed by atoms with E-state index in [1.165, 1.54) is 0 Å². The van der Waals surface area contributed by atoms with Gasteiger partial charge in [-0.15, -0.1) is 0 Å². The van der Waals surface area contributed by atoms with Crippen molar-refractivity contribution < 1.29 is 24.0 Å². The molecule has 0 bridgehead atoms. The van der Waals surface area contributed by atoms with Crippen LogP contribution in [0.3, 0.4) is 0 Å². The Morgan fingerprint density at radius 3 is 2.62 bits per heavy atom. The molecule has 1 aliphatic rings. The Morgan fingerprint density at radius 2 is 1.85 bits per heavy atom. The number of anilines is 1. The van der Waals surface area contributed by atoms with Crippen LogP contribution in [0.5, 0.6) is 11.5 Å². The average molecular weight is 356 g/mol. The van der Waals surface area contributed by atoms with Crippen LogP contribution < -0.4 is 25.0 Å². The number of benzene rings is 2. The standard InChI is InChI=1S/C19H21N3O4/c1-2-22(11-14-6-4-3-5-7-14)12-18(23)21-19(24)20-15-8-9-16-17(10-15)26-13-25-16/h3-10H,2,11-13H2,1H3,(H2,20,21,23,24)/p+1. The molecule has 3 rings (SSSR count). The number of amides is 3. The van der Waals surface area contributed by atoms with E-state index in [-0.39, 0.29) is 19.2 Å². The molecular formula is C19H22N3O4+. The summed E-state index contributed by atoms with van der Waals surface area (Å²) in [4.78, 5) is 25.3. The zero-order valence-corrected chi connectivity index (χ0v) is 14.6. The summed E-state index contributed by atoms with van der Waals surface area (Å²) in [6.45, 7) is 3.92. The third kappa shape index (κ3) is 4.73. The van der Waals surface area contributed by atoms with Crippen LogP contribution in [0, 0.1) is 0 Å². The number of quaternary nitrogens is 1. The Hall–Kier alpha value is -3.06. The number of fused-ring (bicyclic) bond motifs is 1. The van der Waals surface area contributed by atoms with E-state index in [0.717, 1.165) is 23.6 Å². The number of imide groups is 1. The zero-order chi connectivity index (χ0) is 18.4. The Kier molecular flexibility index (Phi) is 5.70. The number of ether oxygens (including phenoxy) is 2. The largest absolute Gasteiger partial charge is 0.454 e. The second kappa shape index (κ2) is 8.35. The number of urea groups is 1. The lowest BCUT2D eigenvalue weighted by Gasteiger charge is -2.17. The molecule has 0 aliphatic carbocycles. The fraction of sp³-hybridized carbons (Fsp3) is 0.263. The third-order valence-electron chi connectivity index (χ3n) is 4.09. The van der Waals surface area contributed by atoms with E-state index in [0.29, 0.717) is 17.2 Å². The van der Waals surface area contributed by atoms with Crippen LogP contribution >= 0.6 is 0 Å². The lowest BCUT2D eigenvalue weighted by Crippen LogP contribution is -3.11. The van der Waals surface area contributed by atoms with Gasteiger partial charge in [0.25, 0.3) is 5.91 Å². The van der Waals surface area contributed by atoms with E-state index in [4.69, 9.17) is 9.47 Å². The summed E-state index contributed by atoms with van der Waals surface area (Å²) in [5, 5.41) is 4.99. The van der Waals surface area contributed by atoms with Gasteiger partial charge in [-0.1, -0.05) is 30.3 Å². The van der Waals surface area contributed by atoms with Gasteiger partial charge in [0.05, 0.1) is 6.54 Å². The molecule has 26 heavy (non-hydrogen) atoms. The minimum atomic E-state index is -0.566. The van der Waals surface area contributed by atoms with Crippen molar-refractivity contribution in [3.63, 3.8) is 0 Å². The SMILES string of the molecule is CC[NH+](CC(=O)NC(=O)Nc1ccc2c(c1)OCO2)Cc1ccccc1. The lowest BCUT2D eigenvalue weighted by molar-refractivity contribution is -0.904. The van der Waals surface area contributed by atoms with E-state index in [2.05, 4.69) is 10.6 Å². The van der Waals surface area contributed by atoms with Gasteiger partial charge in [0.2, 0.25) is 6.79 Å². The van der Waals surface area contributed by atoms with E-state index in [1.807, 2.05) is 37.3 Å². The molecule has 3 N–H and O–H groups in total. The zero-order valence-electron chi connectivity index (χ0n) is 14.6. The van der Waals surface area contributed by atoms with Gasteiger partial charge in [0.15, 0.2) is 18.0 Å². The van der Waals surface area contributed by atoms with E-state index < -0.39 is 6.03 Å². The highest BCUT2D eigenvalue weighted by molar-refractivity contribution is 6.01. The topological polar surface area (TPSA) is 81.1 Å². The number of hydrogen-bond donors (Lipinski definition) is 3. The fourth-order valence-electron chi connectivity index (χ4n) is 2.73. The molecule has 7 nitrogen and oxygen atoms in total. The number of carbonyl (C=O) groups is 2. The van der Waals surface area contributed by atoms with Crippen LogP contribution in [-0.2, 0) is 11.3 Å². The van der Waals surface area contributed by atoms with Crippen LogP contribution in [0.25, 0.3) is 0 Å². The van der Waals surface area contributed by atoms with Crippen molar-refractivity contribution in [1.29, 1.82) is 0 Å². The average Bonchev–Trinajstić information content (AvgIpc) is 3.09. The van der Waals surface area contributed by atoms with Crippen molar-refractivity contribution in [3.8, 4) is 11.5 Å². The maximum absolute atomic E-state index is 12.2. The molecule has 7 heteroatoms. The Balaban J connectivity index is 1.49. The first kappa shape index (κ1) is 17.8. The molecule has 0 saturated heterocycles. The Bertz CT molecular complexity index is 780. The van der Waals surface area contributed by atoms with Gasteiger partial charge in [-0.05, 0) is 19.1 Å². The summed E-state index contributed by atoms with van der Waals surface area (Å²) in [5.41, 5.74) is 1.69. The van der Waals surface area contributed by atoms with Gasteiger partial charge < -0.3 is 19.7 Å². The van der Waals surface area contributed by atoms with E-state index in [1.54, 1.807) is 18.2 Å². The molecule has 0 aromatic heterocycles. The maximum atomic E-state index is 12.2. The highest BCUT2D eigenvalue weighted by Gasteiger charge is 2.17. The minimum absolute atomic E-state index is 0.167. The molecular weight excluding hydrogens is 334 g/mol. The van der Waals surface area contributed by atoms with Crippen molar-refractivity contribution in [2.24, 2.45) is 0 Å². The molecule has 1 aliphatic heterocycles. The normalized spacial score (nSPS) is 13.1. The van der Waals surface area contributed by atoms with E-state index >= 15 is 0 Å². The van der Waals surface area contributed by atoms with Crippen molar-refractivity contribution in [2.45, 2.75) is 13.5 Å². The van der Waals surface area contributed by atoms with Crippen LogP contribution in [0.2, 0.25) is 0 Å².